The van der Waals surface area contributed by atoms with Crippen LogP contribution in [0.3, 0.4) is 0 Å². The lowest BCUT2D eigenvalue weighted by Gasteiger charge is -2.04. The molecule has 88 valence electrons. The number of rotatable bonds is 3. The standard InChI is InChI=1S/C13H12O3S/c1-16-17(14,15)13-9-7-12(8-10-13)11-5-3-2-4-6-11/h2-10H,1H3. The second kappa shape index (κ2) is 4.69. The summed E-state index contributed by atoms with van der Waals surface area (Å²) in [5.41, 5.74) is 2.02. The maximum atomic E-state index is 11.4. The zero-order chi connectivity index (χ0) is 12.3. The van der Waals surface area contributed by atoms with Gasteiger partial charge in [0.2, 0.25) is 0 Å². The molecule has 0 radical (unpaired) electrons. The summed E-state index contributed by atoms with van der Waals surface area (Å²) in [5.74, 6) is 0. The minimum atomic E-state index is -3.60. The minimum Gasteiger partial charge on any atom is -0.270 e. The van der Waals surface area contributed by atoms with Gasteiger partial charge in [-0.15, -0.1) is 0 Å². The first kappa shape index (κ1) is 11.8. The molecule has 2 aromatic rings. The van der Waals surface area contributed by atoms with Crippen LogP contribution < -0.4 is 0 Å². The molecule has 0 aliphatic heterocycles. The van der Waals surface area contributed by atoms with Crippen LogP contribution in [0, 0.1) is 0 Å². The highest BCUT2D eigenvalue weighted by atomic mass is 32.2. The molecule has 0 N–H and O–H groups in total. The molecule has 0 heterocycles. The van der Waals surface area contributed by atoms with E-state index in [4.69, 9.17) is 0 Å². The number of hydrogen-bond donors (Lipinski definition) is 0. The van der Waals surface area contributed by atoms with Crippen LogP contribution in [0.25, 0.3) is 11.1 Å². The lowest BCUT2D eigenvalue weighted by atomic mass is 10.1. The molecule has 4 heteroatoms. The van der Waals surface area contributed by atoms with Crippen LogP contribution in [0.5, 0.6) is 0 Å². The number of hydrogen-bond acceptors (Lipinski definition) is 3. The van der Waals surface area contributed by atoms with Gasteiger partial charge in [-0.05, 0) is 23.3 Å². The Labute approximate surface area is 101 Å². The molecule has 0 aromatic heterocycles. The summed E-state index contributed by atoms with van der Waals surface area (Å²) in [6.07, 6.45) is 0. The van der Waals surface area contributed by atoms with E-state index in [1.807, 2.05) is 30.3 Å². The van der Waals surface area contributed by atoms with Gasteiger partial charge in [-0.25, -0.2) is 0 Å². The third-order valence-corrected chi connectivity index (χ3v) is 3.76. The van der Waals surface area contributed by atoms with Gasteiger partial charge >= 0.3 is 0 Å². The fourth-order valence-corrected chi connectivity index (χ4v) is 2.20. The highest BCUT2D eigenvalue weighted by Gasteiger charge is 2.12. The minimum absolute atomic E-state index is 0.166. The van der Waals surface area contributed by atoms with Crippen molar-refractivity contribution < 1.29 is 12.6 Å². The Morgan fingerprint density at radius 1 is 0.824 bits per heavy atom. The highest BCUT2D eigenvalue weighted by molar-refractivity contribution is 7.86. The summed E-state index contributed by atoms with van der Waals surface area (Å²) in [6, 6.07) is 16.4. The lowest BCUT2D eigenvalue weighted by molar-refractivity contribution is 0.398. The zero-order valence-corrected chi connectivity index (χ0v) is 10.1. The van der Waals surface area contributed by atoms with E-state index in [9.17, 15) is 8.42 Å². The molecule has 0 saturated carbocycles. The maximum Gasteiger partial charge on any atom is 0.296 e. The van der Waals surface area contributed by atoms with Crippen molar-refractivity contribution in [1.29, 1.82) is 0 Å². The normalized spacial score (nSPS) is 11.4. The zero-order valence-electron chi connectivity index (χ0n) is 9.33. The van der Waals surface area contributed by atoms with Crippen LogP contribution in [0.15, 0.2) is 59.5 Å². The summed E-state index contributed by atoms with van der Waals surface area (Å²) < 4.78 is 27.3. The molecule has 2 aromatic carbocycles. The molecular formula is C13H12O3S. The first-order valence-corrected chi connectivity index (χ1v) is 6.50. The molecular weight excluding hydrogens is 236 g/mol. The first-order valence-electron chi connectivity index (χ1n) is 5.09. The Morgan fingerprint density at radius 2 is 1.35 bits per heavy atom. The van der Waals surface area contributed by atoms with Crippen molar-refractivity contribution in [3.05, 3.63) is 54.6 Å². The van der Waals surface area contributed by atoms with E-state index >= 15 is 0 Å². The molecule has 0 aliphatic rings. The Bertz CT molecular complexity index is 586. The largest absolute Gasteiger partial charge is 0.296 e. The topological polar surface area (TPSA) is 43.4 Å². The maximum absolute atomic E-state index is 11.4. The van der Waals surface area contributed by atoms with Crippen molar-refractivity contribution >= 4 is 10.1 Å². The van der Waals surface area contributed by atoms with Crippen molar-refractivity contribution in [2.45, 2.75) is 4.90 Å². The van der Waals surface area contributed by atoms with Crippen LogP contribution in [0.2, 0.25) is 0 Å². The molecule has 3 nitrogen and oxygen atoms in total. The van der Waals surface area contributed by atoms with E-state index in [-0.39, 0.29) is 4.90 Å². The van der Waals surface area contributed by atoms with Gasteiger partial charge in [-0.1, -0.05) is 42.5 Å². The summed E-state index contributed by atoms with van der Waals surface area (Å²) in [5, 5.41) is 0. The number of benzene rings is 2. The summed E-state index contributed by atoms with van der Waals surface area (Å²) >= 11 is 0. The molecule has 0 amide bonds. The molecule has 0 bridgehead atoms. The van der Waals surface area contributed by atoms with Gasteiger partial charge in [-0.3, -0.25) is 4.18 Å². The highest BCUT2D eigenvalue weighted by Crippen LogP contribution is 2.21. The van der Waals surface area contributed by atoms with Crippen LogP contribution in [-0.4, -0.2) is 15.5 Å². The van der Waals surface area contributed by atoms with Gasteiger partial charge in [0.1, 0.15) is 0 Å². The van der Waals surface area contributed by atoms with E-state index in [0.29, 0.717) is 0 Å². The van der Waals surface area contributed by atoms with Crippen LogP contribution >= 0.6 is 0 Å². The van der Waals surface area contributed by atoms with E-state index in [1.165, 1.54) is 0 Å². The first-order chi connectivity index (χ1) is 8.13. The van der Waals surface area contributed by atoms with Crippen molar-refractivity contribution in [1.82, 2.24) is 0 Å². The Kier molecular flexibility index (Phi) is 3.26. The molecule has 0 unspecified atom stereocenters. The van der Waals surface area contributed by atoms with Gasteiger partial charge in [0.25, 0.3) is 10.1 Å². The molecule has 0 aliphatic carbocycles. The van der Waals surface area contributed by atoms with Crippen LogP contribution in [0.1, 0.15) is 0 Å². The predicted molar refractivity (Wildman–Crippen MR) is 66.1 cm³/mol. The molecule has 17 heavy (non-hydrogen) atoms. The summed E-state index contributed by atoms with van der Waals surface area (Å²) in [7, 11) is -2.44. The smallest absolute Gasteiger partial charge is 0.270 e. The third kappa shape index (κ3) is 2.54. The second-order valence-electron chi connectivity index (χ2n) is 3.51. The van der Waals surface area contributed by atoms with E-state index in [2.05, 4.69) is 4.18 Å². The predicted octanol–water partition coefficient (Wildman–Crippen LogP) is 2.69. The quantitative estimate of drug-likeness (QED) is 0.784. The van der Waals surface area contributed by atoms with Gasteiger partial charge in [0.05, 0.1) is 12.0 Å². The fraction of sp³-hybridized carbons (Fsp3) is 0.0769. The van der Waals surface area contributed by atoms with E-state index < -0.39 is 10.1 Å². The van der Waals surface area contributed by atoms with Gasteiger partial charge in [0.15, 0.2) is 0 Å². The Morgan fingerprint density at radius 3 is 1.88 bits per heavy atom. The molecule has 0 spiro atoms. The Balaban J connectivity index is 2.38. The van der Waals surface area contributed by atoms with E-state index in [0.717, 1.165) is 18.2 Å². The summed E-state index contributed by atoms with van der Waals surface area (Å²) in [4.78, 5) is 0.166. The molecule has 2 rings (SSSR count). The summed E-state index contributed by atoms with van der Waals surface area (Å²) in [6.45, 7) is 0. The fourth-order valence-electron chi connectivity index (χ4n) is 1.54. The van der Waals surface area contributed by atoms with Crippen molar-refractivity contribution in [3.8, 4) is 11.1 Å². The van der Waals surface area contributed by atoms with Crippen LogP contribution in [0.4, 0.5) is 0 Å². The van der Waals surface area contributed by atoms with Gasteiger partial charge in [-0.2, -0.15) is 8.42 Å². The molecule has 0 saturated heterocycles. The van der Waals surface area contributed by atoms with Crippen LogP contribution in [-0.2, 0) is 14.3 Å². The molecule has 0 atom stereocenters. The Hall–Kier alpha value is -1.65. The lowest BCUT2D eigenvalue weighted by Crippen LogP contribution is -2.02. The van der Waals surface area contributed by atoms with Gasteiger partial charge < -0.3 is 0 Å². The average molecular weight is 248 g/mol. The molecule has 0 fully saturated rings. The SMILES string of the molecule is COS(=O)(=O)c1ccc(-c2ccccc2)cc1. The van der Waals surface area contributed by atoms with Crippen molar-refractivity contribution in [2.24, 2.45) is 0 Å². The van der Waals surface area contributed by atoms with Gasteiger partial charge in [0, 0.05) is 0 Å². The third-order valence-electron chi connectivity index (χ3n) is 2.47. The van der Waals surface area contributed by atoms with Crippen molar-refractivity contribution in [3.63, 3.8) is 0 Å². The monoisotopic (exact) mass is 248 g/mol. The second-order valence-corrected chi connectivity index (χ2v) is 5.22. The average Bonchev–Trinajstić information content (AvgIpc) is 2.40. The van der Waals surface area contributed by atoms with E-state index in [1.54, 1.807) is 24.3 Å². The van der Waals surface area contributed by atoms with Crippen molar-refractivity contribution in [2.75, 3.05) is 7.11 Å².